The summed E-state index contributed by atoms with van der Waals surface area (Å²) >= 11 is 0. The lowest BCUT2D eigenvalue weighted by molar-refractivity contribution is 0.0572. The lowest BCUT2D eigenvalue weighted by Gasteiger charge is -2.33. The smallest absolute Gasteiger partial charge is 0.140 e. The quantitative estimate of drug-likeness (QED) is 0.737. The van der Waals surface area contributed by atoms with Gasteiger partial charge in [-0.3, -0.25) is 4.90 Å². The van der Waals surface area contributed by atoms with E-state index >= 15 is 0 Å². The van der Waals surface area contributed by atoms with Crippen molar-refractivity contribution in [1.82, 2.24) is 10.1 Å². The average molecular weight is 196 g/mol. The van der Waals surface area contributed by atoms with E-state index in [0.717, 1.165) is 18.0 Å². The lowest BCUT2D eigenvalue weighted by atomic mass is 10.2. The fraction of sp³-hybridized carbons (Fsp3) is 0.700. The molecule has 0 amide bonds. The molecular formula is C10H13FN2O. The fourth-order valence-electron chi connectivity index (χ4n) is 1.83. The van der Waals surface area contributed by atoms with Crippen LogP contribution < -0.4 is 0 Å². The molecule has 0 bridgehead atoms. The van der Waals surface area contributed by atoms with E-state index in [1.165, 1.54) is 12.8 Å². The molecule has 76 valence electrons. The first-order valence-corrected chi connectivity index (χ1v) is 5.13. The molecule has 1 saturated carbocycles. The van der Waals surface area contributed by atoms with Gasteiger partial charge in [0.1, 0.15) is 11.9 Å². The van der Waals surface area contributed by atoms with E-state index in [1.54, 1.807) is 0 Å². The van der Waals surface area contributed by atoms with Crippen LogP contribution in [0.2, 0.25) is 0 Å². The van der Waals surface area contributed by atoms with Gasteiger partial charge in [0.15, 0.2) is 0 Å². The molecule has 0 radical (unpaired) electrons. The number of hydrogen-bond acceptors (Lipinski definition) is 3. The summed E-state index contributed by atoms with van der Waals surface area (Å²) in [5, 5.41) is 3.99. The summed E-state index contributed by atoms with van der Waals surface area (Å²) in [5.74, 6) is 1.62. The number of hydrogen-bond donors (Lipinski definition) is 0. The van der Waals surface area contributed by atoms with Crippen LogP contribution in [0.25, 0.3) is 0 Å². The molecule has 2 aliphatic rings. The van der Waals surface area contributed by atoms with Crippen molar-refractivity contribution in [2.45, 2.75) is 31.5 Å². The van der Waals surface area contributed by atoms with Crippen LogP contribution in [-0.2, 0) is 6.54 Å². The SMILES string of the molecule is FC1CN(Cc2cc(C3CC3)on2)C1. The Hall–Kier alpha value is -0.900. The minimum atomic E-state index is -0.634. The Morgan fingerprint density at radius 1 is 1.50 bits per heavy atom. The highest BCUT2D eigenvalue weighted by atomic mass is 19.1. The van der Waals surface area contributed by atoms with Crippen molar-refractivity contribution in [3.05, 3.63) is 17.5 Å². The zero-order valence-corrected chi connectivity index (χ0v) is 7.95. The molecule has 4 heteroatoms. The summed E-state index contributed by atoms with van der Waals surface area (Å²) in [5.41, 5.74) is 0.943. The summed E-state index contributed by atoms with van der Waals surface area (Å²) in [7, 11) is 0. The molecule has 3 rings (SSSR count). The number of aromatic nitrogens is 1. The third-order valence-corrected chi connectivity index (χ3v) is 2.86. The minimum Gasteiger partial charge on any atom is -0.361 e. The van der Waals surface area contributed by atoms with Crippen LogP contribution in [0.15, 0.2) is 10.6 Å². The Morgan fingerprint density at radius 2 is 2.29 bits per heavy atom. The van der Waals surface area contributed by atoms with Gasteiger partial charge in [0.05, 0.1) is 5.69 Å². The first-order chi connectivity index (χ1) is 6.81. The molecule has 1 aliphatic carbocycles. The highest BCUT2D eigenvalue weighted by Crippen LogP contribution is 2.40. The van der Waals surface area contributed by atoms with E-state index in [-0.39, 0.29) is 0 Å². The Morgan fingerprint density at radius 3 is 2.93 bits per heavy atom. The maximum Gasteiger partial charge on any atom is 0.140 e. The summed E-state index contributed by atoms with van der Waals surface area (Å²) in [6.07, 6.45) is 1.82. The van der Waals surface area contributed by atoms with Gasteiger partial charge in [-0.25, -0.2) is 4.39 Å². The fourth-order valence-corrected chi connectivity index (χ4v) is 1.83. The molecule has 2 fully saturated rings. The molecule has 3 nitrogen and oxygen atoms in total. The Kier molecular flexibility index (Phi) is 1.83. The number of alkyl halides is 1. The zero-order valence-electron chi connectivity index (χ0n) is 7.95. The van der Waals surface area contributed by atoms with Crippen LogP contribution in [0.4, 0.5) is 4.39 Å². The Balaban J connectivity index is 1.60. The molecular weight excluding hydrogens is 183 g/mol. The van der Waals surface area contributed by atoms with Crippen LogP contribution in [-0.4, -0.2) is 29.3 Å². The van der Waals surface area contributed by atoms with Crippen LogP contribution in [0.1, 0.15) is 30.2 Å². The van der Waals surface area contributed by atoms with Crippen molar-refractivity contribution in [3.8, 4) is 0 Å². The topological polar surface area (TPSA) is 29.3 Å². The van der Waals surface area contributed by atoms with Crippen molar-refractivity contribution >= 4 is 0 Å². The van der Waals surface area contributed by atoms with Crippen LogP contribution in [0.3, 0.4) is 0 Å². The Labute approximate surface area is 81.9 Å². The lowest BCUT2D eigenvalue weighted by Crippen LogP contribution is -2.47. The second-order valence-electron chi connectivity index (χ2n) is 4.29. The first kappa shape index (κ1) is 8.41. The molecule has 1 aromatic heterocycles. The molecule has 2 heterocycles. The maximum absolute atomic E-state index is 12.5. The molecule has 1 aliphatic heterocycles. The molecule has 0 atom stereocenters. The van der Waals surface area contributed by atoms with Gasteiger partial charge in [0.2, 0.25) is 0 Å². The zero-order chi connectivity index (χ0) is 9.54. The highest BCUT2D eigenvalue weighted by molar-refractivity contribution is 5.14. The van der Waals surface area contributed by atoms with E-state index < -0.39 is 6.17 Å². The molecule has 1 aromatic rings. The van der Waals surface area contributed by atoms with Crippen LogP contribution in [0.5, 0.6) is 0 Å². The molecule has 0 spiro atoms. The van der Waals surface area contributed by atoms with Gasteiger partial charge in [-0.15, -0.1) is 0 Å². The average Bonchev–Trinajstić information content (AvgIpc) is 2.86. The number of rotatable bonds is 3. The summed E-state index contributed by atoms with van der Waals surface area (Å²) in [4.78, 5) is 2.04. The van der Waals surface area contributed by atoms with Gasteiger partial charge in [0.25, 0.3) is 0 Å². The third-order valence-electron chi connectivity index (χ3n) is 2.86. The van der Waals surface area contributed by atoms with E-state index in [4.69, 9.17) is 4.52 Å². The van der Waals surface area contributed by atoms with Crippen molar-refractivity contribution < 1.29 is 8.91 Å². The van der Waals surface area contributed by atoms with Crippen LogP contribution >= 0.6 is 0 Å². The van der Waals surface area contributed by atoms with Crippen molar-refractivity contribution in [2.75, 3.05) is 13.1 Å². The normalized spacial score (nSPS) is 23.8. The van der Waals surface area contributed by atoms with Gasteiger partial charge in [0, 0.05) is 31.6 Å². The number of nitrogens with zero attached hydrogens (tertiary/aromatic N) is 2. The predicted molar refractivity (Wildman–Crippen MR) is 48.7 cm³/mol. The minimum absolute atomic E-state index is 0.547. The largest absolute Gasteiger partial charge is 0.361 e. The summed E-state index contributed by atoms with van der Waals surface area (Å²) in [6.45, 7) is 1.83. The maximum atomic E-state index is 12.5. The second-order valence-corrected chi connectivity index (χ2v) is 4.29. The van der Waals surface area contributed by atoms with Gasteiger partial charge in [-0.05, 0) is 12.8 Å². The second kappa shape index (κ2) is 3.05. The van der Waals surface area contributed by atoms with Crippen molar-refractivity contribution in [3.63, 3.8) is 0 Å². The molecule has 0 unspecified atom stereocenters. The monoisotopic (exact) mass is 196 g/mol. The van der Waals surface area contributed by atoms with E-state index in [0.29, 0.717) is 19.0 Å². The summed E-state index contributed by atoms with van der Waals surface area (Å²) in [6, 6.07) is 2.02. The standard InChI is InChI=1S/C10H13FN2O/c11-8-4-13(5-8)6-9-3-10(14-12-9)7-1-2-7/h3,7-8H,1-2,4-6H2. The predicted octanol–water partition coefficient (Wildman–Crippen LogP) is 1.71. The van der Waals surface area contributed by atoms with Gasteiger partial charge in [-0.2, -0.15) is 0 Å². The molecule has 0 aromatic carbocycles. The van der Waals surface area contributed by atoms with E-state index in [1.807, 2.05) is 11.0 Å². The highest BCUT2D eigenvalue weighted by Gasteiger charge is 2.30. The summed E-state index contributed by atoms with van der Waals surface area (Å²) < 4.78 is 17.7. The van der Waals surface area contributed by atoms with Gasteiger partial charge in [-0.1, -0.05) is 5.16 Å². The Bertz CT molecular complexity index is 329. The van der Waals surface area contributed by atoms with Gasteiger partial charge < -0.3 is 4.52 Å². The van der Waals surface area contributed by atoms with E-state index in [2.05, 4.69) is 5.16 Å². The van der Waals surface area contributed by atoms with Crippen molar-refractivity contribution in [2.24, 2.45) is 0 Å². The molecule has 0 N–H and O–H groups in total. The molecule has 14 heavy (non-hydrogen) atoms. The van der Waals surface area contributed by atoms with E-state index in [9.17, 15) is 4.39 Å². The molecule has 1 saturated heterocycles. The number of halogens is 1. The first-order valence-electron chi connectivity index (χ1n) is 5.13. The third kappa shape index (κ3) is 1.54. The van der Waals surface area contributed by atoms with Crippen molar-refractivity contribution in [1.29, 1.82) is 0 Å². The number of likely N-dealkylation sites (tertiary alicyclic amines) is 1. The van der Waals surface area contributed by atoms with Crippen LogP contribution in [0, 0.1) is 0 Å². The van der Waals surface area contributed by atoms with Gasteiger partial charge >= 0.3 is 0 Å².